The molecule has 0 radical (unpaired) electrons. The largest absolute Gasteiger partial charge is 0.480 e. The number of benzene rings is 1. The summed E-state index contributed by atoms with van der Waals surface area (Å²) in [4.78, 5) is 11.1. The van der Waals surface area contributed by atoms with E-state index in [1.807, 2.05) is 6.92 Å². The Morgan fingerprint density at radius 3 is 2.35 bits per heavy atom. The van der Waals surface area contributed by atoms with Crippen molar-refractivity contribution >= 4 is 39.0 Å². The van der Waals surface area contributed by atoms with E-state index in [9.17, 15) is 18.3 Å². The molecule has 1 atom stereocenters. The van der Waals surface area contributed by atoms with Gasteiger partial charge in [-0.15, -0.1) is 0 Å². The number of carbonyl (C=O) groups is 1. The molecule has 0 saturated heterocycles. The number of aliphatic carboxylic acids is 1. The van der Waals surface area contributed by atoms with Crippen LogP contribution in [0.15, 0.2) is 23.1 Å². The fraction of sp³-hybridized carbons (Fsp3) is 0.500. The summed E-state index contributed by atoms with van der Waals surface area (Å²) in [6.07, 6.45) is 3.36. The van der Waals surface area contributed by atoms with Gasteiger partial charge in [-0.05, 0) is 24.6 Å². The van der Waals surface area contributed by atoms with Gasteiger partial charge in [-0.2, -0.15) is 0 Å². The summed E-state index contributed by atoms with van der Waals surface area (Å²) in [5.74, 6) is 2.14. The lowest BCUT2D eigenvalue weighted by atomic mass is 10.1. The Hall–Kier alpha value is -0.860. The van der Waals surface area contributed by atoms with Crippen LogP contribution >= 0.6 is 23.2 Å². The molecular formula is C14H21Cl2NO5S. The van der Waals surface area contributed by atoms with Crippen molar-refractivity contribution in [3.05, 3.63) is 28.2 Å². The van der Waals surface area contributed by atoms with Crippen molar-refractivity contribution in [3.63, 3.8) is 0 Å². The highest BCUT2D eigenvalue weighted by Gasteiger charge is 2.35. The number of unbranched alkanes of at least 4 members (excludes halogenated alkanes) is 3. The van der Waals surface area contributed by atoms with Crippen LogP contribution in [-0.4, -0.2) is 30.0 Å². The molecule has 0 amide bonds. The predicted octanol–water partition coefficient (Wildman–Crippen LogP) is 3.53. The number of rotatable bonds is 8. The summed E-state index contributed by atoms with van der Waals surface area (Å²) < 4.78 is 25.0. The molecule has 1 unspecified atom stereocenters. The SMILES string of the molecule is CCCCCCC(C(=O)O)S(=O)(=O)c1cc(Cl)ccc1Cl.NO. The third kappa shape index (κ3) is 6.64. The van der Waals surface area contributed by atoms with Crippen LogP contribution < -0.4 is 5.90 Å². The molecule has 0 fully saturated rings. The summed E-state index contributed by atoms with van der Waals surface area (Å²) in [5.41, 5.74) is 0. The highest BCUT2D eigenvalue weighted by Crippen LogP contribution is 2.29. The second-order valence-electron chi connectivity index (χ2n) is 4.80. The zero-order valence-corrected chi connectivity index (χ0v) is 15.0. The Morgan fingerprint density at radius 1 is 1.22 bits per heavy atom. The molecule has 0 aliphatic rings. The van der Waals surface area contributed by atoms with E-state index in [-0.39, 0.29) is 21.4 Å². The summed E-state index contributed by atoms with van der Waals surface area (Å²) in [7, 11) is -4.06. The summed E-state index contributed by atoms with van der Waals surface area (Å²) in [6, 6.07) is 4.01. The van der Waals surface area contributed by atoms with Crippen molar-refractivity contribution in [1.29, 1.82) is 0 Å². The molecule has 0 heterocycles. The Labute approximate surface area is 146 Å². The summed E-state index contributed by atoms with van der Waals surface area (Å²) in [6.45, 7) is 2.02. The van der Waals surface area contributed by atoms with E-state index in [0.29, 0.717) is 6.42 Å². The van der Waals surface area contributed by atoms with Gasteiger partial charge >= 0.3 is 5.97 Å². The highest BCUT2D eigenvalue weighted by atomic mass is 35.5. The van der Waals surface area contributed by atoms with Gasteiger partial charge in [-0.3, -0.25) is 4.79 Å². The van der Waals surface area contributed by atoms with E-state index in [1.54, 1.807) is 0 Å². The van der Waals surface area contributed by atoms with Crippen LogP contribution in [0.1, 0.15) is 39.0 Å². The average Bonchev–Trinajstić information content (AvgIpc) is 2.50. The predicted molar refractivity (Wildman–Crippen MR) is 89.8 cm³/mol. The van der Waals surface area contributed by atoms with Crippen molar-refractivity contribution in [2.24, 2.45) is 5.90 Å². The molecule has 1 rings (SSSR count). The van der Waals surface area contributed by atoms with Gasteiger partial charge in [0.15, 0.2) is 15.1 Å². The second-order valence-corrected chi connectivity index (χ2v) is 7.74. The lowest BCUT2D eigenvalue weighted by Gasteiger charge is -2.14. The van der Waals surface area contributed by atoms with E-state index in [1.165, 1.54) is 18.2 Å². The van der Waals surface area contributed by atoms with Crippen molar-refractivity contribution in [3.8, 4) is 0 Å². The Bertz CT molecular complexity index is 607. The first kappa shape index (κ1) is 22.1. The highest BCUT2D eigenvalue weighted by molar-refractivity contribution is 7.93. The van der Waals surface area contributed by atoms with Crippen molar-refractivity contribution in [2.75, 3.05) is 0 Å². The average molecular weight is 386 g/mol. The number of hydrogen-bond donors (Lipinski definition) is 3. The number of carboxylic acids is 1. The molecule has 6 nitrogen and oxygen atoms in total. The molecule has 9 heteroatoms. The maximum atomic E-state index is 12.5. The zero-order valence-electron chi connectivity index (χ0n) is 12.7. The van der Waals surface area contributed by atoms with Gasteiger partial charge in [-0.1, -0.05) is 55.8 Å². The molecule has 0 aliphatic carbocycles. The number of nitrogens with two attached hydrogens (primary N) is 1. The van der Waals surface area contributed by atoms with Crippen LogP contribution in [0.25, 0.3) is 0 Å². The molecule has 4 N–H and O–H groups in total. The molecule has 0 spiro atoms. The summed E-state index contributed by atoms with van der Waals surface area (Å²) in [5, 5.41) is 14.4. The van der Waals surface area contributed by atoms with Crippen molar-refractivity contribution in [1.82, 2.24) is 0 Å². The quantitative estimate of drug-likeness (QED) is 0.465. The van der Waals surface area contributed by atoms with E-state index >= 15 is 0 Å². The van der Waals surface area contributed by atoms with Gasteiger partial charge < -0.3 is 10.3 Å². The van der Waals surface area contributed by atoms with E-state index in [0.717, 1.165) is 19.3 Å². The standard InChI is InChI=1S/C14H18Cl2O4S.H3NO/c1-2-3-4-5-6-12(14(17)18)21(19,20)13-9-10(15)7-8-11(13)16;1-2/h7-9,12H,2-6H2,1H3,(H,17,18);2H,1H2. The third-order valence-corrected chi connectivity index (χ3v) is 5.98. The van der Waals surface area contributed by atoms with Crippen LogP contribution in [0.2, 0.25) is 10.0 Å². The molecule has 0 saturated carbocycles. The van der Waals surface area contributed by atoms with Crippen molar-refractivity contribution < 1.29 is 23.5 Å². The molecule has 1 aromatic rings. The van der Waals surface area contributed by atoms with Gasteiger partial charge in [0.1, 0.15) is 0 Å². The number of carboxylic acid groups (broad SMARTS) is 1. The van der Waals surface area contributed by atoms with E-state index in [2.05, 4.69) is 5.90 Å². The van der Waals surface area contributed by atoms with E-state index in [4.69, 9.17) is 28.4 Å². The minimum absolute atomic E-state index is 0.0146. The number of hydrogen-bond acceptors (Lipinski definition) is 5. The smallest absolute Gasteiger partial charge is 0.322 e. The van der Waals surface area contributed by atoms with Crippen LogP contribution in [-0.2, 0) is 14.6 Å². The number of sulfone groups is 1. The van der Waals surface area contributed by atoms with Gasteiger partial charge in [0.25, 0.3) is 0 Å². The number of halogens is 2. The monoisotopic (exact) mass is 385 g/mol. The zero-order chi connectivity index (χ0) is 18.0. The van der Waals surface area contributed by atoms with Crippen LogP contribution in [0.5, 0.6) is 0 Å². The molecule has 23 heavy (non-hydrogen) atoms. The van der Waals surface area contributed by atoms with Crippen LogP contribution in [0, 0.1) is 0 Å². The molecule has 1 aromatic carbocycles. The fourth-order valence-electron chi connectivity index (χ4n) is 2.02. The van der Waals surface area contributed by atoms with Gasteiger partial charge in [0, 0.05) is 5.02 Å². The summed E-state index contributed by atoms with van der Waals surface area (Å²) >= 11 is 11.7. The first-order valence-electron chi connectivity index (χ1n) is 6.98. The maximum Gasteiger partial charge on any atom is 0.322 e. The first-order valence-corrected chi connectivity index (χ1v) is 9.28. The Kier molecular flexibility index (Phi) is 10.4. The first-order chi connectivity index (χ1) is 10.8. The van der Waals surface area contributed by atoms with Gasteiger partial charge in [0.2, 0.25) is 0 Å². The van der Waals surface area contributed by atoms with Gasteiger partial charge in [-0.25, -0.2) is 14.3 Å². The molecular weight excluding hydrogens is 365 g/mol. The topological polar surface area (TPSA) is 118 Å². The second kappa shape index (κ2) is 10.8. The fourth-order valence-corrected chi connectivity index (χ4v) is 4.37. The maximum absolute atomic E-state index is 12.5. The Balaban J connectivity index is 0.00000232. The minimum atomic E-state index is -4.06. The lowest BCUT2D eigenvalue weighted by Crippen LogP contribution is -2.30. The van der Waals surface area contributed by atoms with E-state index < -0.39 is 21.1 Å². The van der Waals surface area contributed by atoms with Crippen LogP contribution in [0.3, 0.4) is 0 Å². The minimum Gasteiger partial charge on any atom is -0.480 e. The third-order valence-electron chi connectivity index (χ3n) is 3.17. The van der Waals surface area contributed by atoms with Gasteiger partial charge in [0.05, 0.1) is 9.92 Å². The normalized spacial score (nSPS) is 12.2. The molecule has 0 aromatic heterocycles. The Morgan fingerprint density at radius 2 is 1.83 bits per heavy atom. The molecule has 0 bridgehead atoms. The van der Waals surface area contributed by atoms with Crippen molar-refractivity contribution in [2.45, 2.75) is 49.2 Å². The molecule has 0 aliphatic heterocycles. The van der Waals surface area contributed by atoms with Crippen LogP contribution in [0.4, 0.5) is 0 Å². The molecule has 132 valence electrons. The lowest BCUT2D eigenvalue weighted by molar-refractivity contribution is -0.136.